The van der Waals surface area contributed by atoms with Gasteiger partial charge in [0.05, 0.1) is 5.69 Å². The highest BCUT2D eigenvalue weighted by Gasteiger charge is 2.36. The van der Waals surface area contributed by atoms with Gasteiger partial charge < -0.3 is 10.2 Å². The molecule has 2 amide bonds. The van der Waals surface area contributed by atoms with Crippen molar-refractivity contribution in [1.29, 1.82) is 0 Å². The van der Waals surface area contributed by atoms with Gasteiger partial charge in [-0.15, -0.1) is 0 Å². The predicted molar refractivity (Wildman–Crippen MR) is 115 cm³/mol. The first-order valence-electron chi connectivity index (χ1n) is 9.46. The number of fused-ring (bicyclic) bond motifs is 1. The van der Waals surface area contributed by atoms with E-state index in [2.05, 4.69) is 5.32 Å². The lowest BCUT2D eigenvalue weighted by molar-refractivity contribution is -0.127. The number of rotatable bonds is 5. The minimum absolute atomic E-state index is 0.0630. The SMILES string of the molecule is CC(C)N1C(=O)C(NC(=O)CCc2ccc(Cl)cc2Cl)CC(=O)c2ccccc21. The summed E-state index contributed by atoms with van der Waals surface area (Å²) >= 11 is 12.0. The van der Waals surface area contributed by atoms with Crippen LogP contribution in [0.5, 0.6) is 0 Å². The number of para-hydroxylation sites is 1. The van der Waals surface area contributed by atoms with Gasteiger partial charge in [-0.25, -0.2) is 0 Å². The highest BCUT2D eigenvalue weighted by Crippen LogP contribution is 2.29. The van der Waals surface area contributed by atoms with Crippen LogP contribution in [0.4, 0.5) is 5.69 Å². The number of carbonyl (C=O) groups is 3. The molecule has 1 N–H and O–H groups in total. The topological polar surface area (TPSA) is 66.5 Å². The van der Waals surface area contributed by atoms with Gasteiger partial charge in [0.2, 0.25) is 11.8 Å². The van der Waals surface area contributed by atoms with E-state index in [-0.39, 0.29) is 36.5 Å². The Labute approximate surface area is 180 Å². The molecule has 0 aromatic heterocycles. The van der Waals surface area contributed by atoms with E-state index in [0.717, 1.165) is 5.56 Å². The van der Waals surface area contributed by atoms with Crippen LogP contribution in [0.1, 0.15) is 42.6 Å². The second kappa shape index (κ2) is 8.97. The second-order valence-electron chi connectivity index (χ2n) is 7.30. The minimum atomic E-state index is -0.898. The monoisotopic (exact) mass is 432 g/mol. The van der Waals surface area contributed by atoms with Crippen LogP contribution in [0.2, 0.25) is 10.0 Å². The molecule has 152 valence electrons. The first-order chi connectivity index (χ1) is 13.8. The van der Waals surface area contributed by atoms with Gasteiger partial charge >= 0.3 is 0 Å². The summed E-state index contributed by atoms with van der Waals surface area (Å²) in [4.78, 5) is 39.9. The number of hydrogen-bond acceptors (Lipinski definition) is 3. The summed E-state index contributed by atoms with van der Waals surface area (Å²) in [6, 6.07) is 11.1. The number of hydrogen-bond donors (Lipinski definition) is 1. The van der Waals surface area contributed by atoms with Crippen LogP contribution in [0.3, 0.4) is 0 Å². The first kappa shape index (κ1) is 21.3. The number of Topliss-reactive ketones (excluding diaryl/α,β-unsaturated/α-hetero) is 1. The van der Waals surface area contributed by atoms with Crippen molar-refractivity contribution in [3.63, 3.8) is 0 Å². The normalized spacial score (nSPS) is 16.6. The number of amides is 2. The molecule has 2 aromatic carbocycles. The van der Waals surface area contributed by atoms with Crippen LogP contribution >= 0.6 is 23.2 Å². The van der Waals surface area contributed by atoms with Crippen LogP contribution in [0.25, 0.3) is 0 Å². The molecule has 0 aliphatic carbocycles. The van der Waals surface area contributed by atoms with Gasteiger partial charge in [-0.2, -0.15) is 0 Å². The summed E-state index contributed by atoms with van der Waals surface area (Å²) in [5.41, 5.74) is 1.88. The smallest absolute Gasteiger partial charge is 0.250 e. The highest BCUT2D eigenvalue weighted by atomic mass is 35.5. The van der Waals surface area contributed by atoms with E-state index in [9.17, 15) is 14.4 Å². The Hall–Kier alpha value is -2.37. The fourth-order valence-electron chi connectivity index (χ4n) is 3.47. The van der Waals surface area contributed by atoms with Crippen LogP contribution in [0.15, 0.2) is 42.5 Å². The molecule has 5 nitrogen and oxygen atoms in total. The summed E-state index contributed by atoms with van der Waals surface area (Å²) < 4.78 is 0. The summed E-state index contributed by atoms with van der Waals surface area (Å²) in [5.74, 6) is -0.754. The number of benzene rings is 2. The molecular weight excluding hydrogens is 411 g/mol. The number of ketones is 1. The van der Waals surface area contributed by atoms with Crippen LogP contribution < -0.4 is 10.2 Å². The van der Waals surface area contributed by atoms with Gasteiger partial charge in [-0.05, 0) is 50.1 Å². The predicted octanol–water partition coefficient (Wildman–Crippen LogP) is 4.44. The number of nitrogens with one attached hydrogen (secondary N) is 1. The maximum Gasteiger partial charge on any atom is 0.250 e. The summed E-state index contributed by atoms with van der Waals surface area (Å²) in [6.07, 6.45) is 0.491. The number of carbonyl (C=O) groups excluding carboxylic acids is 3. The molecular formula is C22H22Cl2N2O3. The third-order valence-electron chi connectivity index (χ3n) is 4.88. The first-order valence-corrected chi connectivity index (χ1v) is 10.2. The van der Waals surface area contributed by atoms with Gasteiger partial charge in [-0.1, -0.05) is 41.4 Å². The lowest BCUT2D eigenvalue weighted by atomic mass is 10.0. The molecule has 1 aliphatic heterocycles. The molecule has 0 radical (unpaired) electrons. The highest BCUT2D eigenvalue weighted by molar-refractivity contribution is 6.35. The molecule has 0 fully saturated rings. The average molecular weight is 433 g/mol. The molecule has 0 saturated heterocycles. The van der Waals surface area contributed by atoms with E-state index >= 15 is 0 Å². The zero-order valence-electron chi connectivity index (χ0n) is 16.2. The Balaban J connectivity index is 1.74. The van der Waals surface area contributed by atoms with Crippen molar-refractivity contribution < 1.29 is 14.4 Å². The van der Waals surface area contributed by atoms with Crippen molar-refractivity contribution >= 4 is 46.5 Å². The second-order valence-corrected chi connectivity index (χ2v) is 8.15. The molecule has 1 aliphatic rings. The minimum Gasteiger partial charge on any atom is -0.344 e. The largest absolute Gasteiger partial charge is 0.344 e. The lowest BCUT2D eigenvalue weighted by Gasteiger charge is -2.29. The third-order valence-corrected chi connectivity index (χ3v) is 5.46. The van der Waals surface area contributed by atoms with Crippen molar-refractivity contribution in [1.82, 2.24) is 5.32 Å². The van der Waals surface area contributed by atoms with Crippen LogP contribution in [-0.2, 0) is 16.0 Å². The fraction of sp³-hybridized carbons (Fsp3) is 0.318. The number of halogens is 2. The van der Waals surface area contributed by atoms with Crippen molar-refractivity contribution in [2.75, 3.05) is 4.90 Å². The van der Waals surface area contributed by atoms with Gasteiger partial charge in [0.15, 0.2) is 5.78 Å². The molecule has 29 heavy (non-hydrogen) atoms. The number of nitrogens with zero attached hydrogens (tertiary/aromatic N) is 1. The van der Waals surface area contributed by atoms with E-state index in [0.29, 0.717) is 27.7 Å². The Morgan fingerprint density at radius 1 is 1.17 bits per heavy atom. The summed E-state index contributed by atoms with van der Waals surface area (Å²) in [7, 11) is 0. The quantitative estimate of drug-likeness (QED) is 0.758. The molecule has 1 atom stereocenters. The molecule has 7 heteroatoms. The van der Waals surface area contributed by atoms with Crippen LogP contribution in [0, 0.1) is 0 Å². The molecule has 0 bridgehead atoms. The Bertz CT molecular complexity index is 959. The zero-order chi connectivity index (χ0) is 21.1. The van der Waals surface area contributed by atoms with E-state index in [1.165, 1.54) is 0 Å². The molecule has 1 heterocycles. The molecule has 3 rings (SSSR count). The van der Waals surface area contributed by atoms with E-state index in [4.69, 9.17) is 23.2 Å². The van der Waals surface area contributed by atoms with Gasteiger partial charge in [0.25, 0.3) is 0 Å². The molecule has 1 unspecified atom stereocenters. The Morgan fingerprint density at radius 3 is 2.59 bits per heavy atom. The molecule has 0 spiro atoms. The Morgan fingerprint density at radius 2 is 1.90 bits per heavy atom. The summed E-state index contributed by atoms with van der Waals surface area (Å²) in [6.45, 7) is 3.76. The van der Waals surface area contributed by atoms with E-state index < -0.39 is 6.04 Å². The fourth-order valence-corrected chi connectivity index (χ4v) is 3.98. The Kier molecular flexibility index (Phi) is 6.60. The standard InChI is InChI=1S/C22H22Cl2N2O3/c1-13(2)26-19-6-4-3-5-16(19)20(27)12-18(22(26)29)25-21(28)10-8-14-7-9-15(23)11-17(14)24/h3-7,9,11,13,18H,8,10,12H2,1-2H3,(H,25,28). The third kappa shape index (κ3) is 4.80. The lowest BCUT2D eigenvalue weighted by Crippen LogP contribution is -2.50. The zero-order valence-corrected chi connectivity index (χ0v) is 17.8. The van der Waals surface area contributed by atoms with Crippen molar-refractivity contribution in [3.05, 3.63) is 63.6 Å². The van der Waals surface area contributed by atoms with Crippen molar-refractivity contribution in [2.24, 2.45) is 0 Å². The van der Waals surface area contributed by atoms with Crippen LogP contribution in [-0.4, -0.2) is 29.7 Å². The van der Waals surface area contributed by atoms with Gasteiger partial charge in [-0.3, -0.25) is 14.4 Å². The van der Waals surface area contributed by atoms with Gasteiger partial charge in [0, 0.05) is 34.5 Å². The van der Waals surface area contributed by atoms with E-state index in [1.54, 1.807) is 47.4 Å². The maximum atomic E-state index is 13.1. The van der Waals surface area contributed by atoms with Gasteiger partial charge in [0.1, 0.15) is 6.04 Å². The average Bonchev–Trinajstić information content (AvgIpc) is 2.76. The summed E-state index contributed by atoms with van der Waals surface area (Å²) in [5, 5.41) is 3.76. The number of aryl methyl sites for hydroxylation is 1. The number of anilines is 1. The van der Waals surface area contributed by atoms with E-state index in [1.807, 2.05) is 13.8 Å². The molecule has 2 aromatic rings. The van der Waals surface area contributed by atoms with Crippen molar-refractivity contribution in [2.45, 2.75) is 45.2 Å². The van der Waals surface area contributed by atoms with Crippen molar-refractivity contribution in [3.8, 4) is 0 Å². The maximum absolute atomic E-state index is 13.1. The molecule has 0 saturated carbocycles.